The molecule has 16 atom stereocenters. The third-order valence-electron chi connectivity index (χ3n) is 25.1. The van der Waals surface area contributed by atoms with Crippen molar-refractivity contribution in [1.82, 2.24) is 0 Å². The first-order valence-corrected chi connectivity index (χ1v) is 35.6. The lowest BCUT2D eigenvalue weighted by Gasteiger charge is -2.44. The van der Waals surface area contributed by atoms with E-state index in [0.29, 0.717) is 52.8 Å². The van der Waals surface area contributed by atoms with E-state index in [1.807, 2.05) is 69.2 Å². The summed E-state index contributed by atoms with van der Waals surface area (Å²) in [6.07, 6.45) is 36.6. The minimum atomic E-state index is -0.701. The predicted octanol–water partition coefficient (Wildman–Crippen LogP) is 18.7. The third kappa shape index (κ3) is 17.3. The summed E-state index contributed by atoms with van der Waals surface area (Å²) in [4.78, 5) is 2.22. The van der Waals surface area contributed by atoms with Crippen molar-refractivity contribution in [2.24, 2.45) is 80.3 Å². The zero-order valence-electron chi connectivity index (χ0n) is 57.2. The van der Waals surface area contributed by atoms with E-state index < -0.39 is 52.0 Å². The fraction of sp³-hybridized carbons (Fsp3) is 0.818. The van der Waals surface area contributed by atoms with Gasteiger partial charge in [-0.05, 0) is 267 Å². The normalized spacial score (nSPS) is 38.3. The van der Waals surface area contributed by atoms with Crippen molar-refractivity contribution < 1.29 is 35.7 Å². The molecule has 0 spiro atoms. The fourth-order valence-corrected chi connectivity index (χ4v) is 19.9. The van der Waals surface area contributed by atoms with Gasteiger partial charge in [0.2, 0.25) is 0 Å². The molecule has 8 heteroatoms. The van der Waals surface area contributed by atoms with E-state index in [1.54, 1.807) is 16.7 Å². The van der Waals surface area contributed by atoms with E-state index in [4.69, 9.17) is 0 Å². The molecule has 0 bridgehead atoms. The van der Waals surface area contributed by atoms with Gasteiger partial charge < -0.3 is 35.7 Å². The minimum Gasteiger partial charge on any atom is -0.392 e. The molecule has 8 aliphatic carbocycles. The van der Waals surface area contributed by atoms with Crippen LogP contribution in [0.2, 0.25) is 0 Å². The number of hydrogen-bond donors (Lipinski definition) is 7. The molecule has 8 aliphatic rings. The van der Waals surface area contributed by atoms with E-state index in [0.717, 1.165) is 103 Å². The molecular weight excluding hydrogens is 1120 g/mol. The molecule has 0 aromatic heterocycles. The standard InChI is InChI=1S/2C29H48O3.C19H33BrO/c2*1-19(10-8-16-27(3,4)32)23-14-15-24-21(11-9-17-29(23,24)7)12-13-22-18-25(30)28(5,6)26(31)20(22)2;1-14(7-5-11-18(2,3)21)16-9-10-17-15(13-20)8-6-12-19(16,17)4/h2*12-13,19,23-26,30-32H,2,8-11,14-18H2,1,3-7H3;13-14,16-17,21H,5-12H2,1-4H3/b2*21-12+,22-13-;15-13+/t19-,23?,24?,25+,26-,29-;19-,23?,24?,25-,26+,29-;14-,16?,17?,19-/m111/s1. The molecule has 0 aromatic carbocycles. The summed E-state index contributed by atoms with van der Waals surface area (Å²) in [7, 11) is 0. The van der Waals surface area contributed by atoms with Crippen LogP contribution < -0.4 is 0 Å². The first kappa shape index (κ1) is 72.4. The lowest BCUT2D eigenvalue weighted by Crippen LogP contribution is -2.45. The van der Waals surface area contributed by atoms with Gasteiger partial charge in [-0.25, -0.2) is 0 Å². The Kier molecular flexibility index (Phi) is 24.6. The van der Waals surface area contributed by atoms with Gasteiger partial charge in [0, 0.05) is 10.8 Å². The van der Waals surface area contributed by atoms with E-state index in [2.05, 4.69) is 99.9 Å². The van der Waals surface area contributed by atoms with Crippen LogP contribution in [0.25, 0.3) is 0 Å². The predicted molar refractivity (Wildman–Crippen MR) is 361 cm³/mol. The molecule has 8 fully saturated rings. The molecule has 0 saturated heterocycles. The van der Waals surface area contributed by atoms with Crippen molar-refractivity contribution in [1.29, 1.82) is 0 Å². The summed E-state index contributed by atoms with van der Waals surface area (Å²) in [5.41, 5.74) is 6.82. The Bertz CT molecular complexity index is 2270. The average molecular weight is 1250 g/mol. The van der Waals surface area contributed by atoms with Crippen molar-refractivity contribution in [3.63, 3.8) is 0 Å². The monoisotopic (exact) mass is 1240 g/mol. The maximum Gasteiger partial charge on any atom is 0.0862 e. The molecule has 7 N–H and O–H groups in total. The van der Waals surface area contributed by atoms with Crippen molar-refractivity contribution in [2.75, 3.05) is 0 Å². The van der Waals surface area contributed by atoms with Crippen LogP contribution in [0.3, 0.4) is 0 Å². The fourth-order valence-electron chi connectivity index (χ4n) is 19.3. The van der Waals surface area contributed by atoms with Crippen LogP contribution >= 0.6 is 15.9 Å². The third-order valence-corrected chi connectivity index (χ3v) is 25.7. The van der Waals surface area contributed by atoms with Gasteiger partial charge in [0.25, 0.3) is 0 Å². The highest BCUT2D eigenvalue weighted by Gasteiger charge is 2.54. The Hall–Kier alpha value is -1.62. The SMILES string of the molecule is C=C1/C(=C\C=C2/CCC[C@@]3(C)C2CCC3[C@H](C)CCCC(C)(C)O)C[C@@H](O)C(C)(C)[C@H]1O.C=C1/C(=C\C=C2/CCC[C@@]3(C)C2CCC3[C@H](C)CCCC(C)(C)O)C[C@H](O)C(C)(C)[C@@H]1O.C[C@H](CCCC(C)(C)O)C1CCC2/C(=C/Br)CCC[C@@]21C. The number of fused-ring (bicyclic) bond motifs is 3. The van der Waals surface area contributed by atoms with Gasteiger partial charge >= 0.3 is 0 Å². The Morgan fingerprint density at radius 2 is 0.753 bits per heavy atom. The minimum absolute atomic E-state index is 0.362. The summed E-state index contributed by atoms with van der Waals surface area (Å²) < 4.78 is 0. The number of aliphatic hydroxyl groups excluding tert-OH is 4. The summed E-state index contributed by atoms with van der Waals surface area (Å²) in [5, 5.41) is 72.5. The maximum atomic E-state index is 10.7. The molecule has 8 saturated carbocycles. The number of allylic oxidation sites excluding steroid dienone is 7. The Morgan fingerprint density at radius 3 is 1.04 bits per heavy atom. The van der Waals surface area contributed by atoms with Crippen LogP contribution in [0.15, 0.2) is 81.5 Å². The quantitative estimate of drug-likeness (QED) is 0.0769. The van der Waals surface area contributed by atoms with Crippen molar-refractivity contribution in [3.8, 4) is 0 Å². The average Bonchev–Trinajstić information content (AvgIpc) is 2.31. The zero-order chi connectivity index (χ0) is 63.5. The van der Waals surface area contributed by atoms with Crippen LogP contribution in [-0.2, 0) is 0 Å². The number of halogens is 1. The highest BCUT2D eigenvalue weighted by molar-refractivity contribution is 9.11. The second-order valence-electron chi connectivity index (χ2n) is 33.8. The van der Waals surface area contributed by atoms with Gasteiger partial charge in [-0.15, -0.1) is 0 Å². The first-order valence-electron chi connectivity index (χ1n) is 34.7. The van der Waals surface area contributed by atoms with Crippen LogP contribution in [0.1, 0.15) is 278 Å². The lowest BCUT2D eigenvalue weighted by molar-refractivity contribution is -0.0406. The molecule has 6 unspecified atom stereocenters. The summed E-state index contributed by atoms with van der Waals surface area (Å²) >= 11 is 3.60. The highest BCUT2D eigenvalue weighted by atomic mass is 79.9. The van der Waals surface area contributed by atoms with Gasteiger partial charge in [-0.2, -0.15) is 0 Å². The maximum absolute atomic E-state index is 10.7. The Morgan fingerprint density at radius 1 is 0.471 bits per heavy atom. The first-order chi connectivity index (χ1) is 39.3. The largest absolute Gasteiger partial charge is 0.392 e. The van der Waals surface area contributed by atoms with E-state index in [1.165, 1.54) is 103 Å². The molecule has 0 aliphatic heterocycles. The molecular formula is C77H129BrO7. The summed E-state index contributed by atoms with van der Waals surface area (Å²) in [6.45, 7) is 42.4. The van der Waals surface area contributed by atoms with Crippen LogP contribution in [0.5, 0.6) is 0 Å². The van der Waals surface area contributed by atoms with Crippen molar-refractivity contribution in [2.45, 2.75) is 319 Å². The number of aliphatic hydroxyl groups is 7. The van der Waals surface area contributed by atoms with Gasteiger partial charge in [0.05, 0.1) is 41.2 Å². The summed E-state index contributed by atoms with van der Waals surface area (Å²) in [6, 6.07) is 0. The topological polar surface area (TPSA) is 142 Å². The van der Waals surface area contributed by atoms with E-state index in [-0.39, 0.29) is 0 Å². The summed E-state index contributed by atoms with van der Waals surface area (Å²) in [5.74, 6) is 6.62. The smallest absolute Gasteiger partial charge is 0.0862 e. The van der Waals surface area contributed by atoms with Gasteiger partial charge in [-0.3, -0.25) is 0 Å². The highest BCUT2D eigenvalue weighted by Crippen LogP contribution is 2.63. The molecule has 0 aromatic rings. The molecule has 486 valence electrons. The van der Waals surface area contributed by atoms with Crippen LogP contribution in [-0.4, -0.2) is 77.0 Å². The Balaban J connectivity index is 0.000000209. The van der Waals surface area contributed by atoms with Crippen LogP contribution in [0, 0.1) is 80.3 Å². The molecule has 85 heavy (non-hydrogen) atoms. The van der Waals surface area contributed by atoms with Crippen LogP contribution in [0.4, 0.5) is 0 Å². The molecule has 8 rings (SSSR count). The molecule has 7 nitrogen and oxygen atoms in total. The second-order valence-corrected chi connectivity index (χ2v) is 34.3. The van der Waals surface area contributed by atoms with Crippen molar-refractivity contribution >= 4 is 15.9 Å². The van der Waals surface area contributed by atoms with Gasteiger partial charge in [0.1, 0.15) is 0 Å². The Labute approximate surface area is 529 Å². The molecule has 0 heterocycles. The van der Waals surface area contributed by atoms with E-state index >= 15 is 0 Å². The molecule has 0 radical (unpaired) electrons. The van der Waals surface area contributed by atoms with Gasteiger partial charge in [-0.1, -0.05) is 178 Å². The zero-order valence-corrected chi connectivity index (χ0v) is 58.8. The number of hydrogen-bond acceptors (Lipinski definition) is 7. The van der Waals surface area contributed by atoms with Gasteiger partial charge in [0.15, 0.2) is 0 Å². The molecule has 0 amide bonds. The van der Waals surface area contributed by atoms with E-state index in [9.17, 15) is 35.7 Å². The second kappa shape index (κ2) is 28.9. The van der Waals surface area contributed by atoms with Crippen molar-refractivity contribution in [3.05, 3.63) is 81.5 Å². The number of rotatable bonds is 17. The lowest BCUT2D eigenvalue weighted by atomic mass is 9.60.